The standard InChI is InChI=1S/C24H24N2O2S/c27-23(25-15-14-17-6-2-1-3-7-17)19-12-10-18(11-13-19)16-22-24(28)26-20-8-4-5-9-21(20)29-22/h4-6,8-13,16H,1-3,7,14-15H2,(H,25,27)(H,26,28)/b22-16+. The number of nitrogens with one attached hydrogen (secondary N) is 2. The number of benzene rings is 2. The van der Waals surface area contributed by atoms with E-state index in [1.54, 1.807) is 12.1 Å². The molecular formula is C24H24N2O2S. The van der Waals surface area contributed by atoms with Gasteiger partial charge in [-0.1, -0.05) is 47.7 Å². The number of carbonyl (C=O) groups excluding carboxylic acids is 2. The quantitative estimate of drug-likeness (QED) is 0.519. The molecule has 4 nitrogen and oxygen atoms in total. The van der Waals surface area contributed by atoms with Crippen LogP contribution < -0.4 is 10.6 Å². The van der Waals surface area contributed by atoms with Gasteiger partial charge in [-0.2, -0.15) is 0 Å². The molecule has 2 aromatic carbocycles. The average molecular weight is 405 g/mol. The van der Waals surface area contributed by atoms with Crippen LogP contribution in [0.4, 0.5) is 5.69 Å². The second kappa shape index (κ2) is 9.14. The number of fused-ring (bicyclic) bond motifs is 1. The molecular weight excluding hydrogens is 380 g/mol. The predicted octanol–water partition coefficient (Wildman–Crippen LogP) is 5.39. The molecule has 0 radical (unpaired) electrons. The van der Waals surface area contributed by atoms with Crippen molar-refractivity contribution in [2.24, 2.45) is 0 Å². The van der Waals surface area contributed by atoms with E-state index in [0.29, 0.717) is 17.0 Å². The maximum Gasteiger partial charge on any atom is 0.262 e. The minimum Gasteiger partial charge on any atom is -0.352 e. The number of allylic oxidation sites excluding steroid dienone is 1. The van der Waals surface area contributed by atoms with Gasteiger partial charge < -0.3 is 10.6 Å². The third kappa shape index (κ3) is 4.98. The second-order valence-corrected chi connectivity index (χ2v) is 8.38. The van der Waals surface area contributed by atoms with Gasteiger partial charge in [0.2, 0.25) is 0 Å². The summed E-state index contributed by atoms with van der Waals surface area (Å²) in [7, 11) is 0. The minimum atomic E-state index is -0.104. The molecule has 0 spiro atoms. The number of hydrogen-bond acceptors (Lipinski definition) is 3. The van der Waals surface area contributed by atoms with Gasteiger partial charge >= 0.3 is 0 Å². The lowest BCUT2D eigenvalue weighted by Gasteiger charge is -2.18. The van der Waals surface area contributed by atoms with E-state index in [2.05, 4.69) is 16.7 Å². The fourth-order valence-electron chi connectivity index (χ4n) is 3.56. The van der Waals surface area contributed by atoms with E-state index in [1.807, 2.05) is 42.5 Å². The Bertz CT molecular complexity index is 977. The van der Waals surface area contributed by atoms with Crippen molar-refractivity contribution in [1.29, 1.82) is 0 Å². The van der Waals surface area contributed by atoms with Crippen molar-refractivity contribution in [3.8, 4) is 0 Å². The van der Waals surface area contributed by atoms with Crippen molar-refractivity contribution in [3.63, 3.8) is 0 Å². The molecule has 148 valence electrons. The van der Waals surface area contributed by atoms with Gasteiger partial charge in [0.05, 0.1) is 10.6 Å². The maximum atomic E-state index is 12.4. The van der Waals surface area contributed by atoms with E-state index in [4.69, 9.17) is 0 Å². The predicted molar refractivity (Wildman–Crippen MR) is 119 cm³/mol. The summed E-state index contributed by atoms with van der Waals surface area (Å²) >= 11 is 1.46. The third-order valence-corrected chi connectivity index (χ3v) is 6.27. The fourth-order valence-corrected chi connectivity index (χ4v) is 4.51. The normalized spacial score (nSPS) is 17.3. The van der Waals surface area contributed by atoms with Crippen LogP contribution in [0, 0.1) is 0 Å². The molecule has 5 heteroatoms. The third-order valence-electron chi connectivity index (χ3n) is 5.17. The summed E-state index contributed by atoms with van der Waals surface area (Å²) < 4.78 is 0. The molecule has 29 heavy (non-hydrogen) atoms. The lowest BCUT2D eigenvalue weighted by atomic mass is 9.97. The summed E-state index contributed by atoms with van der Waals surface area (Å²) in [6.45, 7) is 0.673. The second-order valence-electron chi connectivity index (χ2n) is 7.30. The molecule has 0 atom stereocenters. The Morgan fingerprint density at radius 2 is 1.93 bits per heavy atom. The van der Waals surface area contributed by atoms with Gasteiger partial charge in [0.15, 0.2) is 0 Å². The van der Waals surface area contributed by atoms with Crippen molar-refractivity contribution in [1.82, 2.24) is 5.32 Å². The van der Waals surface area contributed by atoms with Crippen LogP contribution in [0.1, 0.15) is 48.0 Å². The van der Waals surface area contributed by atoms with Crippen LogP contribution in [0.2, 0.25) is 0 Å². The Kier molecular flexibility index (Phi) is 6.15. The monoisotopic (exact) mass is 404 g/mol. The number of amides is 2. The molecule has 2 amide bonds. The molecule has 0 saturated heterocycles. The van der Waals surface area contributed by atoms with E-state index in [1.165, 1.54) is 36.6 Å². The smallest absolute Gasteiger partial charge is 0.262 e. The van der Waals surface area contributed by atoms with E-state index in [0.717, 1.165) is 29.0 Å². The number of hydrogen-bond donors (Lipinski definition) is 2. The Morgan fingerprint density at radius 1 is 1.10 bits per heavy atom. The molecule has 0 unspecified atom stereocenters. The maximum absolute atomic E-state index is 12.4. The molecule has 0 saturated carbocycles. The highest BCUT2D eigenvalue weighted by molar-refractivity contribution is 8.04. The highest BCUT2D eigenvalue weighted by atomic mass is 32.2. The summed E-state index contributed by atoms with van der Waals surface area (Å²) in [4.78, 5) is 26.3. The zero-order chi connectivity index (χ0) is 20.1. The van der Waals surface area contributed by atoms with E-state index in [9.17, 15) is 9.59 Å². The zero-order valence-corrected chi connectivity index (χ0v) is 17.1. The van der Waals surface area contributed by atoms with Crippen LogP contribution in [0.3, 0.4) is 0 Å². The lowest BCUT2D eigenvalue weighted by molar-refractivity contribution is -0.112. The van der Waals surface area contributed by atoms with Crippen LogP contribution in [0.5, 0.6) is 0 Å². The number of anilines is 1. The summed E-state index contributed by atoms with van der Waals surface area (Å²) in [6.07, 6.45) is 9.98. The van der Waals surface area contributed by atoms with Gasteiger partial charge in [0.1, 0.15) is 0 Å². The average Bonchev–Trinajstić information content (AvgIpc) is 2.75. The number of thioether (sulfide) groups is 1. The van der Waals surface area contributed by atoms with Crippen molar-refractivity contribution in [2.45, 2.75) is 37.0 Å². The van der Waals surface area contributed by atoms with Crippen LogP contribution in [-0.2, 0) is 4.79 Å². The number of carbonyl (C=O) groups is 2. The number of para-hydroxylation sites is 1. The molecule has 1 heterocycles. The first-order chi connectivity index (χ1) is 14.2. The summed E-state index contributed by atoms with van der Waals surface area (Å²) in [5.41, 5.74) is 3.83. The van der Waals surface area contributed by atoms with E-state index < -0.39 is 0 Å². The first kappa shape index (κ1) is 19.5. The highest BCUT2D eigenvalue weighted by Gasteiger charge is 2.20. The Labute approximate surface area is 175 Å². The molecule has 2 N–H and O–H groups in total. The molecule has 1 aliphatic carbocycles. The zero-order valence-electron chi connectivity index (χ0n) is 16.2. The first-order valence-corrected chi connectivity index (χ1v) is 10.9. The van der Waals surface area contributed by atoms with Gasteiger partial charge in [-0.15, -0.1) is 0 Å². The largest absolute Gasteiger partial charge is 0.352 e. The highest BCUT2D eigenvalue weighted by Crippen LogP contribution is 2.38. The Balaban J connectivity index is 1.36. The van der Waals surface area contributed by atoms with E-state index in [-0.39, 0.29) is 11.8 Å². The van der Waals surface area contributed by atoms with Crippen molar-refractivity contribution >= 4 is 35.3 Å². The summed E-state index contributed by atoms with van der Waals surface area (Å²) in [6, 6.07) is 15.1. The lowest BCUT2D eigenvalue weighted by Crippen LogP contribution is -2.24. The molecule has 2 aromatic rings. The van der Waals surface area contributed by atoms with Crippen LogP contribution in [0.25, 0.3) is 6.08 Å². The number of rotatable bonds is 5. The van der Waals surface area contributed by atoms with Crippen LogP contribution >= 0.6 is 11.8 Å². The van der Waals surface area contributed by atoms with Crippen LogP contribution in [0.15, 0.2) is 70.0 Å². The van der Waals surface area contributed by atoms with Gasteiger partial charge in [-0.25, -0.2) is 0 Å². The Morgan fingerprint density at radius 3 is 2.72 bits per heavy atom. The van der Waals surface area contributed by atoms with Gasteiger partial charge in [0, 0.05) is 17.0 Å². The molecule has 0 bridgehead atoms. The molecule has 0 aromatic heterocycles. The fraction of sp³-hybridized carbons (Fsp3) is 0.250. The minimum absolute atomic E-state index is 0.0562. The Hall–Kier alpha value is -2.79. The summed E-state index contributed by atoms with van der Waals surface area (Å²) in [5, 5.41) is 5.91. The van der Waals surface area contributed by atoms with Gasteiger partial charge in [-0.05, 0) is 68.0 Å². The van der Waals surface area contributed by atoms with Gasteiger partial charge in [-0.3, -0.25) is 9.59 Å². The van der Waals surface area contributed by atoms with Crippen molar-refractivity contribution < 1.29 is 9.59 Å². The van der Waals surface area contributed by atoms with Crippen molar-refractivity contribution in [3.05, 3.63) is 76.2 Å². The topological polar surface area (TPSA) is 58.2 Å². The first-order valence-electron chi connectivity index (χ1n) is 10.1. The molecule has 1 aliphatic heterocycles. The van der Waals surface area contributed by atoms with Gasteiger partial charge in [0.25, 0.3) is 11.8 Å². The molecule has 2 aliphatic rings. The molecule has 4 rings (SSSR count). The van der Waals surface area contributed by atoms with E-state index >= 15 is 0 Å². The van der Waals surface area contributed by atoms with Crippen molar-refractivity contribution in [2.75, 3.05) is 11.9 Å². The molecule has 0 fully saturated rings. The van der Waals surface area contributed by atoms with Crippen LogP contribution in [-0.4, -0.2) is 18.4 Å². The SMILES string of the molecule is O=C1Nc2ccccc2S/C1=C/c1ccc(C(=O)NCCC2=CCCCC2)cc1. The summed E-state index contributed by atoms with van der Waals surface area (Å²) in [5.74, 6) is -0.160.